The van der Waals surface area contributed by atoms with Crippen molar-refractivity contribution in [2.24, 2.45) is 0 Å². The second-order valence-corrected chi connectivity index (χ2v) is 8.25. The molecule has 3 rings (SSSR count). The van der Waals surface area contributed by atoms with Crippen molar-refractivity contribution in [2.75, 3.05) is 13.1 Å². The van der Waals surface area contributed by atoms with Crippen LogP contribution in [0.2, 0.25) is 0 Å². The van der Waals surface area contributed by atoms with Crippen molar-refractivity contribution >= 4 is 15.7 Å². The minimum atomic E-state index is -4.04. The fourth-order valence-corrected chi connectivity index (χ4v) is 4.98. The van der Waals surface area contributed by atoms with Crippen LogP contribution in [0.25, 0.3) is 0 Å². The van der Waals surface area contributed by atoms with Crippen LogP contribution >= 0.6 is 0 Å². The van der Waals surface area contributed by atoms with Crippen molar-refractivity contribution in [2.45, 2.75) is 22.2 Å². The molecule has 0 bridgehead atoms. The van der Waals surface area contributed by atoms with Crippen molar-refractivity contribution in [1.29, 1.82) is 0 Å². The topological polar surface area (TPSA) is 138 Å². The lowest BCUT2D eigenvalue weighted by Crippen LogP contribution is -2.65. The van der Waals surface area contributed by atoms with Gasteiger partial charge in [0, 0.05) is 18.9 Å². The number of sulfone groups is 1. The number of piperidine rings is 1. The van der Waals surface area contributed by atoms with E-state index in [1.54, 1.807) is 24.5 Å². The molecule has 1 saturated heterocycles. The summed E-state index contributed by atoms with van der Waals surface area (Å²) in [7, 11) is -4.04. The summed E-state index contributed by atoms with van der Waals surface area (Å²) in [6.07, 6.45) is 3.15. The lowest BCUT2D eigenvalue weighted by Gasteiger charge is -2.37. The van der Waals surface area contributed by atoms with E-state index in [-0.39, 0.29) is 17.9 Å². The average molecular weight is 393 g/mol. The standard InChI is InChI=1S/C17H19N3O6S/c21-16(20-23)17(22)11-19-10-7-15(17)27(24,25)14-3-1-12(2-4-14)26-13-5-8-18-9-6-13/h1-6,8-9,15,19,22-23H,7,10-11H2,(H,20,21). The smallest absolute Gasteiger partial charge is 0.277 e. The maximum absolute atomic E-state index is 13.0. The van der Waals surface area contributed by atoms with E-state index < -0.39 is 26.6 Å². The fraction of sp³-hybridized carbons (Fsp3) is 0.294. The predicted molar refractivity (Wildman–Crippen MR) is 94.1 cm³/mol. The number of β-amino-alcohol motifs (C(OH)–C–C–N with tert-alkyl or cyclic N) is 1. The van der Waals surface area contributed by atoms with Gasteiger partial charge in [0.15, 0.2) is 15.4 Å². The van der Waals surface area contributed by atoms with E-state index in [1.807, 2.05) is 0 Å². The highest BCUT2D eigenvalue weighted by Crippen LogP contribution is 2.31. The first kappa shape index (κ1) is 19.2. The van der Waals surface area contributed by atoms with Crippen molar-refractivity contribution in [1.82, 2.24) is 15.8 Å². The zero-order valence-electron chi connectivity index (χ0n) is 14.2. The van der Waals surface area contributed by atoms with E-state index in [0.717, 1.165) is 0 Å². The van der Waals surface area contributed by atoms with Gasteiger partial charge in [-0.25, -0.2) is 13.9 Å². The quantitative estimate of drug-likeness (QED) is 0.419. The predicted octanol–water partition coefficient (Wildman–Crippen LogP) is 0.246. The Kier molecular flexibility index (Phi) is 5.42. The highest BCUT2D eigenvalue weighted by Gasteiger charge is 2.52. The third kappa shape index (κ3) is 3.78. The van der Waals surface area contributed by atoms with Crippen molar-refractivity contribution in [3.05, 3.63) is 48.8 Å². The Hall–Kier alpha value is -2.53. The number of carbonyl (C=O) groups is 1. The number of aliphatic hydroxyl groups is 1. The molecular weight excluding hydrogens is 374 g/mol. The Morgan fingerprint density at radius 2 is 1.81 bits per heavy atom. The first-order valence-corrected chi connectivity index (χ1v) is 9.72. The normalized spacial score (nSPS) is 22.8. The van der Waals surface area contributed by atoms with Crippen LogP contribution in [-0.2, 0) is 14.6 Å². The van der Waals surface area contributed by atoms with E-state index in [4.69, 9.17) is 9.94 Å². The van der Waals surface area contributed by atoms with Gasteiger partial charge in [0.05, 0.1) is 4.90 Å². The number of aromatic nitrogens is 1. The van der Waals surface area contributed by atoms with Crippen LogP contribution < -0.4 is 15.5 Å². The van der Waals surface area contributed by atoms with E-state index in [2.05, 4.69) is 10.3 Å². The Balaban J connectivity index is 1.86. The summed E-state index contributed by atoms with van der Waals surface area (Å²) in [5, 5.41) is 20.9. The molecule has 1 aromatic carbocycles. The SMILES string of the molecule is O=C(NO)C1(O)CNCCC1S(=O)(=O)c1ccc(Oc2ccncc2)cc1. The molecule has 1 fully saturated rings. The number of ether oxygens (including phenoxy) is 1. The lowest BCUT2D eigenvalue weighted by atomic mass is 9.93. The van der Waals surface area contributed by atoms with Crippen LogP contribution in [0.4, 0.5) is 0 Å². The van der Waals surface area contributed by atoms with Gasteiger partial charge < -0.3 is 15.2 Å². The fourth-order valence-electron chi connectivity index (χ4n) is 3.00. The summed E-state index contributed by atoms with van der Waals surface area (Å²) in [4.78, 5) is 15.7. The van der Waals surface area contributed by atoms with Crippen LogP contribution in [0, 0.1) is 0 Å². The summed E-state index contributed by atoms with van der Waals surface area (Å²) < 4.78 is 31.6. The Labute approximate surface area is 155 Å². The lowest BCUT2D eigenvalue weighted by molar-refractivity contribution is -0.149. The molecule has 0 saturated carbocycles. The average Bonchev–Trinajstić information content (AvgIpc) is 2.68. The highest BCUT2D eigenvalue weighted by molar-refractivity contribution is 7.92. The maximum atomic E-state index is 13.0. The maximum Gasteiger partial charge on any atom is 0.277 e. The molecule has 1 aliphatic heterocycles. The summed E-state index contributed by atoms with van der Waals surface area (Å²) in [5.74, 6) is -0.192. The Morgan fingerprint density at radius 1 is 1.19 bits per heavy atom. The number of rotatable bonds is 5. The number of hydroxylamine groups is 1. The highest BCUT2D eigenvalue weighted by atomic mass is 32.2. The van der Waals surface area contributed by atoms with Crippen LogP contribution in [0.3, 0.4) is 0 Å². The largest absolute Gasteiger partial charge is 0.457 e. The van der Waals surface area contributed by atoms with Crippen molar-refractivity contribution in [3.63, 3.8) is 0 Å². The summed E-state index contributed by atoms with van der Waals surface area (Å²) >= 11 is 0. The molecular formula is C17H19N3O6S. The summed E-state index contributed by atoms with van der Waals surface area (Å²) in [5.41, 5.74) is -0.933. The molecule has 0 aliphatic carbocycles. The number of nitrogens with zero attached hydrogens (tertiary/aromatic N) is 1. The number of benzene rings is 1. The summed E-state index contributed by atoms with van der Waals surface area (Å²) in [6, 6.07) is 9.00. The van der Waals surface area contributed by atoms with Gasteiger partial charge >= 0.3 is 0 Å². The van der Waals surface area contributed by atoms with Gasteiger partial charge in [-0.3, -0.25) is 15.0 Å². The molecule has 1 amide bonds. The van der Waals surface area contributed by atoms with Crippen LogP contribution in [-0.4, -0.2) is 53.6 Å². The van der Waals surface area contributed by atoms with Crippen LogP contribution in [0.15, 0.2) is 53.7 Å². The van der Waals surface area contributed by atoms with E-state index in [1.165, 1.54) is 29.7 Å². The van der Waals surface area contributed by atoms with Gasteiger partial charge in [0.1, 0.15) is 16.7 Å². The van der Waals surface area contributed by atoms with Gasteiger partial charge in [-0.1, -0.05) is 0 Å². The third-order valence-electron chi connectivity index (χ3n) is 4.42. The van der Waals surface area contributed by atoms with Gasteiger partial charge in [-0.15, -0.1) is 0 Å². The molecule has 144 valence electrons. The first-order chi connectivity index (χ1) is 12.9. The Bertz CT molecular complexity index is 904. The first-order valence-electron chi connectivity index (χ1n) is 8.17. The van der Waals surface area contributed by atoms with Gasteiger partial charge in [0.2, 0.25) is 0 Å². The zero-order valence-corrected chi connectivity index (χ0v) is 15.0. The number of amides is 1. The van der Waals surface area contributed by atoms with E-state index in [0.29, 0.717) is 18.0 Å². The van der Waals surface area contributed by atoms with Crippen LogP contribution in [0.1, 0.15) is 6.42 Å². The number of pyridine rings is 1. The Morgan fingerprint density at radius 3 is 2.44 bits per heavy atom. The number of nitrogens with one attached hydrogen (secondary N) is 2. The van der Waals surface area contributed by atoms with Gasteiger partial charge in [0.25, 0.3) is 5.91 Å². The van der Waals surface area contributed by atoms with Gasteiger partial charge in [-0.05, 0) is 49.4 Å². The molecule has 0 spiro atoms. The molecule has 27 heavy (non-hydrogen) atoms. The molecule has 2 atom stereocenters. The van der Waals surface area contributed by atoms with E-state index in [9.17, 15) is 18.3 Å². The second-order valence-electron chi connectivity index (χ2n) is 6.12. The number of carbonyl (C=O) groups excluding carboxylic acids is 1. The molecule has 10 heteroatoms. The number of hydrogen-bond acceptors (Lipinski definition) is 8. The molecule has 1 aliphatic rings. The van der Waals surface area contributed by atoms with Crippen molar-refractivity contribution < 1.29 is 28.3 Å². The molecule has 2 heterocycles. The molecule has 1 aromatic heterocycles. The zero-order chi connectivity index (χ0) is 19.5. The third-order valence-corrected chi connectivity index (χ3v) is 6.72. The molecule has 9 nitrogen and oxygen atoms in total. The minimum Gasteiger partial charge on any atom is -0.457 e. The monoisotopic (exact) mass is 393 g/mol. The van der Waals surface area contributed by atoms with E-state index >= 15 is 0 Å². The molecule has 2 aromatic rings. The molecule has 0 radical (unpaired) electrons. The van der Waals surface area contributed by atoms with Crippen molar-refractivity contribution in [3.8, 4) is 11.5 Å². The van der Waals surface area contributed by atoms with Gasteiger partial charge in [-0.2, -0.15) is 0 Å². The minimum absolute atomic E-state index is 0.0154. The summed E-state index contributed by atoms with van der Waals surface area (Å²) in [6.45, 7) is 0.0285. The van der Waals surface area contributed by atoms with Crippen LogP contribution in [0.5, 0.6) is 11.5 Å². The molecule has 2 unspecified atom stereocenters. The molecule has 4 N–H and O–H groups in total. The number of hydrogen-bond donors (Lipinski definition) is 4. The second kappa shape index (κ2) is 7.61.